The van der Waals surface area contributed by atoms with Crippen LogP contribution < -0.4 is 5.32 Å². The molecule has 0 atom stereocenters. The molecule has 1 N–H and O–H groups in total. The van der Waals surface area contributed by atoms with Crippen molar-refractivity contribution in [3.63, 3.8) is 0 Å². The molecule has 27 heavy (non-hydrogen) atoms. The maximum absolute atomic E-state index is 11.6. The van der Waals surface area contributed by atoms with E-state index in [0.29, 0.717) is 11.4 Å². The van der Waals surface area contributed by atoms with Gasteiger partial charge in [0.1, 0.15) is 5.82 Å². The highest BCUT2D eigenvalue weighted by Crippen LogP contribution is 2.27. The summed E-state index contributed by atoms with van der Waals surface area (Å²) in [7, 11) is 0. The van der Waals surface area contributed by atoms with E-state index in [9.17, 15) is 4.79 Å². The minimum Gasteiger partial charge on any atom is -0.340 e. The molecule has 0 aliphatic carbocycles. The summed E-state index contributed by atoms with van der Waals surface area (Å²) in [6.45, 7) is 1.56. The van der Waals surface area contributed by atoms with Crippen molar-refractivity contribution in [1.82, 2.24) is 9.97 Å². The SMILES string of the molecule is CC(=O)c1cccc(Nc2nc(-c3ccccc3)nc3ccccc23)c1.Cl. The molecule has 5 heteroatoms. The monoisotopic (exact) mass is 375 g/mol. The van der Waals surface area contributed by atoms with Crippen LogP contribution in [0.3, 0.4) is 0 Å². The maximum Gasteiger partial charge on any atom is 0.162 e. The van der Waals surface area contributed by atoms with Gasteiger partial charge in [-0.1, -0.05) is 54.6 Å². The molecule has 0 radical (unpaired) electrons. The molecule has 0 fully saturated rings. The summed E-state index contributed by atoms with van der Waals surface area (Å²) in [5.41, 5.74) is 3.31. The number of hydrogen-bond acceptors (Lipinski definition) is 4. The molecule has 0 saturated carbocycles. The van der Waals surface area contributed by atoms with Gasteiger partial charge in [-0.15, -0.1) is 12.4 Å². The average molecular weight is 376 g/mol. The van der Waals surface area contributed by atoms with Gasteiger partial charge < -0.3 is 5.32 Å². The Labute approximate surface area is 163 Å². The molecule has 0 spiro atoms. The summed E-state index contributed by atoms with van der Waals surface area (Å²) in [5, 5.41) is 4.28. The number of benzene rings is 3. The Balaban J connectivity index is 0.00000210. The van der Waals surface area contributed by atoms with E-state index in [0.717, 1.165) is 28.0 Å². The van der Waals surface area contributed by atoms with Gasteiger partial charge in [0.25, 0.3) is 0 Å². The predicted molar refractivity (Wildman–Crippen MR) is 112 cm³/mol. The quantitative estimate of drug-likeness (QED) is 0.467. The van der Waals surface area contributed by atoms with Crippen molar-refractivity contribution >= 4 is 40.6 Å². The molecule has 0 amide bonds. The van der Waals surface area contributed by atoms with Gasteiger partial charge >= 0.3 is 0 Å². The van der Waals surface area contributed by atoms with Crippen LogP contribution in [0.2, 0.25) is 0 Å². The number of halogens is 1. The third-order valence-electron chi connectivity index (χ3n) is 4.17. The summed E-state index contributed by atoms with van der Waals surface area (Å²) < 4.78 is 0. The van der Waals surface area contributed by atoms with Crippen LogP contribution >= 0.6 is 12.4 Å². The lowest BCUT2D eigenvalue weighted by Crippen LogP contribution is -2.00. The molecule has 0 aliphatic rings. The van der Waals surface area contributed by atoms with Crippen LogP contribution in [0, 0.1) is 0 Å². The van der Waals surface area contributed by atoms with Crippen LogP contribution in [0.1, 0.15) is 17.3 Å². The van der Waals surface area contributed by atoms with Crippen LogP contribution in [0.25, 0.3) is 22.3 Å². The number of hydrogen-bond donors (Lipinski definition) is 1. The van der Waals surface area contributed by atoms with Gasteiger partial charge in [-0.2, -0.15) is 0 Å². The molecule has 4 nitrogen and oxygen atoms in total. The first-order valence-corrected chi connectivity index (χ1v) is 8.41. The Kier molecular flexibility index (Phi) is 5.48. The predicted octanol–water partition coefficient (Wildman–Crippen LogP) is 5.66. The number of nitrogens with zero attached hydrogens (tertiary/aromatic N) is 2. The van der Waals surface area contributed by atoms with E-state index < -0.39 is 0 Å². The molecule has 0 unspecified atom stereocenters. The first kappa shape index (κ1) is 18.5. The zero-order valence-corrected chi connectivity index (χ0v) is 15.5. The summed E-state index contributed by atoms with van der Waals surface area (Å²) in [6.07, 6.45) is 0. The molecule has 0 aliphatic heterocycles. The van der Waals surface area contributed by atoms with Crippen LogP contribution in [-0.4, -0.2) is 15.8 Å². The van der Waals surface area contributed by atoms with Gasteiger partial charge in [0.2, 0.25) is 0 Å². The van der Waals surface area contributed by atoms with Crippen molar-refractivity contribution in [3.8, 4) is 11.4 Å². The summed E-state index contributed by atoms with van der Waals surface area (Å²) in [4.78, 5) is 21.1. The van der Waals surface area contributed by atoms with Gasteiger partial charge in [0.05, 0.1) is 5.52 Å². The third-order valence-corrected chi connectivity index (χ3v) is 4.17. The van der Waals surface area contributed by atoms with E-state index in [-0.39, 0.29) is 18.2 Å². The topological polar surface area (TPSA) is 54.9 Å². The number of rotatable bonds is 4. The molecule has 0 bridgehead atoms. The smallest absolute Gasteiger partial charge is 0.162 e. The number of para-hydroxylation sites is 1. The number of nitrogens with one attached hydrogen (secondary N) is 1. The van der Waals surface area contributed by atoms with E-state index in [1.54, 1.807) is 13.0 Å². The molecule has 1 heterocycles. The number of ketones is 1. The highest BCUT2D eigenvalue weighted by atomic mass is 35.5. The van der Waals surface area contributed by atoms with Crippen molar-refractivity contribution < 1.29 is 4.79 Å². The number of fused-ring (bicyclic) bond motifs is 1. The van der Waals surface area contributed by atoms with Crippen LogP contribution in [0.5, 0.6) is 0 Å². The lowest BCUT2D eigenvalue weighted by molar-refractivity contribution is 0.101. The van der Waals surface area contributed by atoms with E-state index in [4.69, 9.17) is 4.98 Å². The van der Waals surface area contributed by atoms with Crippen molar-refractivity contribution in [2.24, 2.45) is 0 Å². The normalized spacial score (nSPS) is 10.3. The van der Waals surface area contributed by atoms with Crippen molar-refractivity contribution in [3.05, 3.63) is 84.4 Å². The van der Waals surface area contributed by atoms with Crippen LogP contribution in [0.4, 0.5) is 11.5 Å². The largest absolute Gasteiger partial charge is 0.340 e. The Morgan fingerprint density at radius 2 is 1.59 bits per heavy atom. The van der Waals surface area contributed by atoms with Gasteiger partial charge in [0, 0.05) is 22.2 Å². The number of Topliss-reactive ketones (excluding diaryl/α,β-unsaturated/α-hetero) is 1. The van der Waals surface area contributed by atoms with E-state index in [1.165, 1.54) is 0 Å². The Bertz CT molecular complexity index is 1100. The Hall–Kier alpha value is -3.24. The van der Waals surface area contributed by atoms with Crippen molar-refractivity contribution in [2.75, 3.05) is 5.32 Å². The number of carbonyl (C=O) groups excluding carboxylic acids is 1. The Morgan fingerprint density at radius 1 is 0.852 bits per heavy atom. The number of anilines is 2. The second kappa shape index (κ2) is 7.98. The fraction of sp³-hybridized carbons (Fsp3) is 0.0455. The zero-order chi connectivity index (χ0) is 17.9. The van der Waals surface area contributed by atoms with Crippen molar-refractivity contribution in [1.29, 1.82) is 0 Å². The van der Waals surface area contributed by atoms with Crippen LogP contribution in [0.15, 0.2) is 78.9 Å². The second-order valence-corrected chi connectivity index (χ2v) is 6.04. The summed E-state index contributed by atoms with van der Waals surface area (Å²) >= 11 is 0. The molecule has 4 rings (SSSR count). The first-order valence-electron chi connectivity index (χ1n) is 8.41. The minimum absolute atomic E-state index is 0. The maximum atomic E-state index is 11.6. The first-order chi connectivity index (χ1) is 12.7. The lowest BCUT2D eigenvalue weighted by atomic mass is 10.1. The lowest BCUT2D eigenvalue weighted by Gasteiger charge is -2.11. The highest BCUT2D eigenvalue weighted by molar-refractivity contribution is 5.96. The fourth-order valence-corrected chi connectivity index (χ4v) is 2.84. The highest BCUT2D eigenvalue weighted by Gasteiger charge is 2.10. The zero-order valence-electron chi connectivity index (χ0n) is 14.7. The molecule has 1 aromatic heterocycles. The summed E-state index contributed by atoms with van der Waals surface area (Å²) in [6, 6.07) is 25.2. The third kappa shape index (κ3) is 3.96. The van der Waals surface area contributed by atoms with E-state index in [1.807, 2.05) is 72.8 Å². The molecule has 134 valence electrons. The molecular formula is C22H18ClN3O. The van der Waals surface area contributed by atoms with Gasteiger partial charge in [-0.25, -0.2) is 9.97 Å². The van der Waals surface area contributed by atoms with E-state index >= 15 is 0 Å². The van der Waals surface area contributed by atoms with E-state index in [2.05, 4.69) is 10.3 Å². The summed E-state index contributed by atoms with van der Waals surface area (Å²) in [5.74, 6) is 1.41. The van der Waals surface area contributed by atoms with Gasteiger partial charge in [-0.05, 0) is 31.2 Å². The molecule has 3 aromatic carbocycles. The van der Waals surface area contributed by atoms with Crippen LogP contribution in [-0.2, 0) is 0 Å². The number of aromatic nitrogens is 2. The van der Waals surface area contributed by atoms with Gasteiger partial charge in [-0.3, -0.25) is 4.79 Å². The minimum atomic E-state index is 0. The van der Waals surface area contributed by atoms with Gasteiger partial charge in [0.15, 0.2) is 11.6 Å². The Morgan fingerprint density at radius 3 is 2.37 bits per heavy atom. The van der Waals surface area contributed by atoms with Crippen molar-refractivity contribution in [2.45, 2.75) is 6.92 Å². The fourth-order valence-electron chi connectivity index (χ4n) is 2.84. The molecule has 4 aromatic rings. The second-order valence-electron chi connectivity index (χ2n) is 6.04. The average Bonchev–Trinajstić information content (AvgIpc) is 2.69. The molecular weight excluding hydrogens is 358 g/mol. The molecule has 0 saturated heterocycles. The number of carbonyl (C=O) groups is 1. The standard InChI is InChI=1S/C22H17N3O.ClH/c1-15(26)17-10-7-11-18(14-17)23-22-19-12-5-6-13-20(19)24-21(25-22)16-8-3-2-4-9-16;/h2-14H,1H3,(H,23,24,25);1H.